The quantitative estimate of drug-likeness (QED) is 0.663. The maximum atomic E-state index is 5.04. The summed E-state index contributed by atoms with van der Waals surface area (Å²) >= 11 is 3.25. The van der Waals surface area contributed by atoms with Gasteiger partial charge in [-0.05, 0) is 25.7 Å². The molecule has 0 bridgehead atoms. The molecule has 1 atom stereocenters. The average Bonchev–Trinajstić information content (AvgIpc) is 2.03. The van der Waals surface area contributed by atoms with Crippen molar-refractivity contribution in [1.82, 2.24) is 0 Å². The van der Waals surface area contributed by atoms with E-state index in [0.717, 1.165) is 32.3 Å². The minimum atomic E-state index is 0.322. The maximum Gasteiger partial charge on any atom is 0.0931 e. The number of hydrogen-bond acceptors (Lipinski definition) is 2. The van der Waals surface area contributed by atoms with Gasteiger partial charge in [-0.1, -0.05) is 15.9 Å². The van der Waals surface area contributed by atoms with Crippen LogP contribution in [0.1, 0.15) is 25.7 Å². The summed E-state index contributed by atoms with van der Waals surface area (Å²) in [6.07, 6.45) is 4.70. The molecule has 0 N–H and O–H groups in total. The molecule has 1 radical (unpaired) electrons. The first kappa shape index (κ1) is 8.50. The molecule has 1 aliphatic heterocycles. The summed E-state index contributed by atoms with van der Waals surface area (Å²) < 4.78 is 0. The summed E-state index contributed by atoms with van der Waals surface area (Å²) in [5.74, 6) is 0. The zero-order valence-electron chi connectivity index (χ0n) is 5.88. The predicted octanol–water partition coefficient (Wildman–Crippen LogP) is 2.43. The summed E-state index contributed by atoms with van der Waals surface area (Å²) in [7, 11) is 0. The molecule has 0 aliphatic carbocycles. The molecule has 0 amide bonds. The Kier molecular flexibility index (Phi) is 4.34. The zero-order chi connectivity index (χ0) is 7.23. The van der Waals surface area contributed by atoms with Crippen LogP contribution in [0, 0.1) is 5.33 Å². The van der Waals surface area contributed by atoms with Crippen molar-refractivity contribution in [1.29, 1.82) is 0 Å². The van der Waals surface area contributed by atoms with E-state index in [0.29, 0.717) is 6.10 Å². The van der Waals surface area contributed by atoms with Crippen molar-refractivity contribution in [3.05, 3.63) is 5.33 Å². The van der Waals surface area contributed by atoms with Crippen LogP contribution in [0.15, 0.2) is 0 Å². The van der Waals surface area contributed by atoms with Gasteiger partial charge in [0, 0.05) is 5.33 Å². The van der Waals surface area contributed by atoms with Gasteiger partial charge >= 0.3 is 0 Å². The highest BCUT2D eigenvalue weighted by Crippen LogP contribution is 2.16. The zero-order valence-corrected chi connectivity index (χ0v) is 7.47. The molecule has 0 aromatic carbocycles. The topological polar surface area (TPSA) is 18.5 Å². The van der Waals surface area contributed by atoms with E-state index < -0.39 is 0 Å². The fraction of sp³-hybridized carbons (Fsp3) is 0.857. The highest BCUT2D eigenvalue weighted by atomic mass is 79.9. The molecule has 1 unspecified atom stereocenters. The fourth-order valence-corrected chi connectivity index (χ4v) is 1.27. The van der Waals surface area contributed by atoms with E-state index in [1.54, 1.807) is 0 Å². The summed E-state index contributed by atoms with van der Waals surface area (Å²) in [5.41, 5.74) is 0. The van der Waals surface area contributed by atoms with Crippen LogP contribution >= 0.6 is 15.9 Å². The Labute approximate surface area is 69.9 Å². The van der Waals surface area contributed by atoms with E-state index in [4.69, 9.17) is 9.78 Å². The highest BCUT2D eigenvalue weighted by molar-refractivity contribution is 9.10. The van der Waals surface area contributed by atoms with Crippen LogP contribution in [0.5, 0.6) is 0 Å². The summed E-state index contributed by atoms with van der Waals surface area (Å²) in [6.45, 7) is 0.758. The molecule has 1 fully saturated rings. The van der Waals surface area contributed by atoms with Crippen molar-refractivity contribution >= 4 is 15.9 Å². The molecule has 0 aromatic heterocycles. The van der Waals surface area contributed by atoms with E-state index in [1.807, 2.05) is 5.33 Å². The first-order valence-electron chi connectivity index (χ1n) is 3.63. The second-order valence-corrected chi connectivity index (χ2v) is 3.06. The van der Waals surface area contributed by atoms with Gasteiger partial charge in [-0.15, -0.1) is 0 Å². The van der Waals surface area contributed by atoms with E-state index >= 15 is 0 Å². The second kappa shape index (κ2) is 5.10. The molecule has 0 spiro atoms. The van der Waals surface area contributed by atoms with Crippen molar-refractivity contribution in [3.63, 3.8) is 0 Å². The SMILES string of the molecule is Br[CH]CCC1CCCOO1. The monoisotopic (exact) mass is 207 g/mol. The molecule has 1 aliphatic rings. The van der Waals surface area contributed by atoms with Crippen LogP contribution in [-0.4, -0.2) is 12.7 Å². The molecule has 1 rings (SSSR count). The molecule has 2 nitrogen and oxygen atoms in total. The minimum absolute atomic E-state index is 0.322. The number of hydrogen-bond donors (Lipinski definition) is 0. The summed E-state index contributed by atoms with van der Waals surface area (Å²) in [6, 6.07) is 0. The van der Waals surface area contributed by atoms with Crippen LogP contribution in [0.25, 0.3) is 0 Å². The van der Waals surface area contributed by atoms with Gasteiger partial charge in [0.2, 0.25) is 0 Å². The lowest BCUT2D eigenvalue weighted by molar-refractivity contribution is -0.345. The molecule has 1 heterocycles. The van der Waals surface area contributed by atoms with Crippen LogP contribution in [0.2, 0.25) is 0 Å². The number of rotatable bonds is 3. The lowest BCUT2D eigenvalue weighted by Crippen LogP contribution is -2.19. The van der Waals surface area contributed by atoms with Gasteiger partial charge < -0.3 is 0 Å². The Bertz CT molecular complexity index is 81.7. The van der Waals surface area contributed by atoms with E-state index in [1.165, 1.54) is 0 Å². The Balaban J connectivity index is 2.02. The van der Waals surface area contributed by atoms with Crippen LogP contribution in [0.3, 0.4) is 0 Å². The van der Waals surface area contributed by atoms with Gasteiger partial charge in [0.05, 0.1) is 12.7 Å². The maximum absolute atomic E-state index is 5.04. The molecule has 0 saturated carbocycles. The first-order valence-corrected chi connectivity index (χ1v) is 4.55. The first-order chi connectivity index (χ1) is 4.93. The van der Waals surface area contributed by atoms with Crippen LogP contribution < -0.4 is 0 Å². The lowest BCUT2D eigenvalue weighted by atomic mass is 10.1. The van der Waals surface area contributed by atoms with Crippen molar-refractivity contribution in [3.8, 4) is 0 Å². The molecule has 0 aromatic rings. The Morgan fingerprint density at radius 1 is 1.60 bits per heavy atom. The molecule has 59 valence electrons. The van der Waals surface area contributed by atoms with Gasteiger partial charge in [0.1, 0.15) is 0 Å². The van der Waals surface area contributed by atoms with E-state index in [-0.39, 0.29) is 0 Å². The van der Waals surface area contributed by atoms with Crippen molar-refractivity contribution in [2.45, 2.75) is 31.8 Å². The summed E-state index contributed by atoms with van der Waals surface area (Å²) in [4.78, 5) is 9.89. The van der Waals surface area contributed by atoms with Crippen molar-refractivity contribution < 1.29 is 9.78 Å². The minimum Gasteiger partial charge on any atom is -0.236 e. The molecule has 10 heavy (non-hydrogen) atoms. The number of halogens is 1. The van der Waals surface area contributed by atoms with Gasteiger partial charge in [-0.25, -0.2) is 9.78 Å². The summed E-state index contributed by atoms with van der Waals surface area (Å²) in [5, 5.41) is 1.98. The molecule has 1 saturated heterocycles. The van der Waals surface area contributed by atoms with Gasteiger partial charge in [-0.2, -0.15) is 0 Å². The van der Waals surface area contributed by atoms with Gasteiger partial charge in [0.15, 0.2) is 0 Å². The standard InChI is InChI=1S/C7H12BrO2/c8-5-1-3-7-4-2-6-9-10-7/h5,7H,1-4,6H2. The van der Waals surface area contributed by atoms with E-state index in [9.17, 15) is 0 Å². The third kappa shape index (κ3) is 2.99. The normalized spacial score (nSPS) is 26.7. The Morgan fingerprint density at radius 3 is 3.10 bits per heavy atom. The second-order valence-electron chi connectivity index (χ2n) is 2.41. The van der Waals surface area contributed by atoms with Crippen molar-refractivity contribution in [2.24, 2.45) is 0 Å². The third-order valence-corrected chi connectivity index (χ3v) is 2.01. The molecular weight excluding hydrogens is 196 g/mol. The predicted molar refractivity (Wildman–Crippen MR) is 42.5 cm³/mol. The Hall–Kier alpha value is 0.400. The molecule has 3 heteroatoms. The largest absolute Gasteiger partial charge is 0.236 e. The average molecular weight is 208 g/mol. The van der Waals surface area contributed by atoms with Crippen LogP contribution in [0.4, 0.5) is 0 Å². The smallest absolute Gasteiger partial charge is 0.0931 e. The van der Waals surface area contributed by atoms with Crippen molar-refractivity contribution in [2.75, 3.05) is 6.61 Å². The van der Waals surface area contributed by atoms with E-state index in [2.05, 4.69) is 15.9 Å². The van der Waals surface area contributed by atoms with Gasteiger partial charge in [-0.3, -0.25) is 0 Å². The third-order valence-electron chi connectivity index (χ3n) is 1.56. The van der Waals surface area contributed by atoms with Gasteiger partial charge in [0.25, 0.3) is 0 Å². The Morgan fingerprint density at radius 2 is 2.50 bits per heavy atom. The lowest BCUT2D eigenvalue weighted by Gasteiger charge is -2.20. The highest BCUT2D eigenvalue weighted by Gasteiger charge is 2.13. The fourth-order valence-electron chi connectivity index (χ4n) is 1.00. The van der Waals surface area contributed by atoms with Crippen LogP contribution in [-0.2, 0) is 9.78 Å². The molecular formula is C7H12BrO2.